The fraction of sp³-hybridized carbons (Fsp3) is 0. The van der Waals surface area contributed by atoms with Gasteiger partial charge in [-0.05, 0) is 18.2 Å². The van der Waals surface area contributed by atoms with Crippen molar-refractivity contribution >= 4 is 29.4 Å². The molecular formula is C13H8ClFN2O5. The van der Waals surface area contributed by atoms with E-state index in [4.69, 9.17) is 17.3 Å². The summed E-state index contributed by atoms with van der Waals surface area (Å²) >= 11 is 5.88. The molecule has 0 saturated heterocycles. The summed E-state index contributed by atoms with van der Waals surface area (Å²) in [6.07, 6.45) is 0. The largest absolute Gasteiger partial charge is 0.478 e. The van der Waals surface area contributed by atoms with Crippen LogP contribution in [0.1, 0.15) is 20.7 Å². The second-order valence-corrected chi connectivity index (χ2v) is 4.63. The second kappa shape index (κ2) is 5.49. The van der Waals surface area contributed by atoms with Gasteiger partial charge in [-0.25, -0.2) is 14.0 Å². The number of hydrogen-bond acceptors (Lipinski definition) is 4. The van der Waals surface area contributed by atoms with Crippen molar-refractivity contribution in [3.8, 4) is 11.1 Å². The van der Waals surface area contributed by atoms with Crippen molar-refractivity contribution in [2.24, 2.45) is 0 Å². The first-order valence-corrected chi connectivity index (χ1v) is 6.09. The number of halogens is 2. The minimum atomic E-state index is -1.70. The highest BCUT2D eigenvalue weighted by atomic mass is 35.5. The summed E-state index contributed by atoms with van der Waals surface area (Å²) in [7, 11) is 0. The lowest BCUT2D eigenvalue weighted by atomic mass is 9.95. The van der Waals surface area contributed by atoms with Crippen molar-refractivity contribution in [3.63, 3.8) is 0 Å². The van der Waals surface area contributed by atoms with Crippen molar-refractivity contribution in [1.82, 2.24) is 4.98 Å². The van der Waals surface area contributed by atoms with Crippen LogP contribution in [-0.4, -0.2) is 27.1 Å². The van der Waals surface area contributed by atoms with Crippen molar-refractivity contribution in [2.75, 3.05) is 5.73 Å². The number of nitrogen functional groups attached to an aromatic ring is 1. The van der Waals surface area contributed by atoms with Gasteiger partial charge >= 0.3 is 11.9 Å². The number of benzene rings is 1. The average Bonchev–Trinajstić information content (AvgIpc) is 2.39. The minimum Gasteiger partial charge on any atom is -0.478 e. The number of H-pyrrole nitrogens is 1. The first-order chi connectivity index (χ1) is 10.2. The SMILES string of the molecule is Nc1[nH]c(=O)c(C(=O)O)c(-c2cc(F)ccc2Cl)c1C(=O)O. The van der Waals surface area contributed by atoms with Crippen molar-refractivity contribution in [2.45, 2.75) is 0 Å². The van der Waals surface area contributed by atoms with E-state index in [2.05, 4.69) is 0 Å². The number of aromatic nitrogens is 1. The molecule has 0 unspecified atom stereocenters. The Morgan fingerprint density at radius 1 is 1.18 bits per heavy atom. The van der Waals surface area contributed by atoms with E-state index in [9.17, 15) is 29.0 Å². The van der Waals surface area contributed by atoms with E-state index in [1.165, 1.54) is 0 Å². The summed E-state index contributed by atoms with van der Waals surface area (Å²) in [5.41, 5.74) is 1.96. The molecule has 1 heterocycles. The first kappa shape index (κ1) is 15.5. The van der Waals surface area contributed by atoms with E-state index in [0.29, 0.717) is 0 Å². The molecule has 7 nitrogen and oxygen atoms in total. The van der Waals surface area contributed by atoms with Gasteiger partial charge in [0, 0.05) is 16.1 Å². The maximum Gasteiger partial charge on any atom is 0.342 e. The highest BCUT2D eigenvalue weighted by molar-refractivity contribution is 6.34. The summed E-state index contributed by atoms with van der Waals surface area (Å²) in [5, 5.41) is 18.3. The van der Waals surface area contributed by atoms with Gasteiger partial charge in [0.15, 0.2) is 0 Å². The molecule has 2 rings (SSSR count). The lowest BCUT2D eigenvalue weighted by Gasteiger charge is -2.13. The van der Waals surface area contributed by atoms with Crippen LogP contribution in [0.3, 0.4) is 0 Å². The maximum absolute atomic E-state index is 13.4. The first-order valence-electron chi connectivity index (χ1n) is 5.71. The van der Waals surface area contributed by atoms with Crippen LogP contribution >= 0.6 is 11.6 Å². The number of rotatable bonds is 3. The fourth-order valence-electron chi connectivity index (χ4n) is 2.01. The van der Waals surface area contributed by atoms with Gasteiger partial charge in [0.2, 0.25) is 0 Å². The van der Waals surface area contributed by atoms with E-state index in [1.54, 1.807) is 0 Å². The molecule has 1 aromatic heterocycles. The highest BCUT2D eigenvalue weighted by Gasteiger charge is 2.27. The van der Waals surface area contributed by atoms with Crippen molar-refractivity contribution in [1.29, 1.82) is 0 Å². The molecule has 1 aromatic carbocycles. The van der Waals surface area contributed by atoms with Crippen molar-refractivity contribution < 1.29 is 24.2 Å². The predicted octanol–water partition coefficient (Wildman–Crippen LogP) is 1.81. The van der Waals surface area contributed by atoms with Gasteiger partial charge in [0.05, 0.1) is 0 Å². The van der Waals surface area contributed by atoms with Crippen LogP contribution in [0.25, 0.3) is 11.1 Å². The molecule has 0 fully saturated rings. The van der Waals surface area contributed by atoms with Crippen LogP contribution in [0.4, 0.5) is 10.2 Å². The van der Waals surface area contributed by atoms with Gasteiger partial charge in [-0.2, -0.15) is 0 Å². The number of carboxylic acids is 2. The molecule has 0 aliphatic carbocycles. The molecule has 22 heavy (non-hydrogen) atoms. The Morgan fingerprint density at radius 2 is 1.77 bits per heavy atom. The number of carbonyl (C=O) groups is 2. The molecule has 0 spiro atoms. The molecule has 5 N–H and O–H groups in total. The van der Waals surface area contributed by atoms with E-state index in [-0.39, 0.29) is 10.6 Å². The Labute approximate surface area is 126 Å². The number of aromatic amines is 1. The van der Waals surface area contributed by atoms with Crippen LogP contribution in [0, 0.1) is 5.82 Å². The second-order valence-electron chi connectivity index (χ2n) is 4.23. The standard InChI is InChI=1S/C13H8ClFN2O5/c14-6-2-1-4(15)3-5(6)7-8(12(19)20)10(16)17-11(18)9(7)13(21)22/h1-3H,(H,19,20)(H,21,22)(H3,16,17,18). The molecule has 0 saturated carbocycles. The maximum atomic E-state index is 13.4. The van der Waals surface area contributed by atoms with Crippen LogP contribution in [0.2, 0.25) is 5.02 Å². The summed E-state index contributed by atoms with van der Waals surface area (Å²) in [4.78, 5) is 36.4. The van der Waals surface area contributed by atoms with Gasteiger partial charge in [-0.1, -0.05) is 11.6 Å². The third-order valence-electron chi connectivity index (χ3n) is 2.87. The van der Waals surface area contributed by atoms with E-state index < -0.39 is 45.8 Å². The van der Waals surface area contributed by atoms with Gasteiger partial charge in [0.1, 0.15) is 22.8 Å². The Hall–Kier alpha value is -2.87. The number of pyridine rings is 1. The van der Waals surface area contributed by atoms with Crippen LogP contribution < -0.4 is 11.3 Å². The minimum absolute atomic E-state index is 0.128. The molecule has 0 bridgehead atoms. The van der Waals surface area contributed by atoms with E-state index >= 15 is 0 Å². The summed E-state index contributed by atoms with van der Waals surface area (Å²) in [5.74, 6) is -4.63. The van der Waals surface area contributed by atoms with Gasteiger partial charge in [0.25, 0.3) is 5.56 Å². The lowest BCUT2D eigenvalue weighted by Crippen LogP contribution is -2.24. The molecular weight excluding hydrogens is 319 g/mol. The zero-order valence-electron chi connectivity index (χ0n) is 10.7. The summed E-state index contributed by atoms with van der Waals surface area (Å²) < 4.78 is 13.4. The van der Waals surface area contributed by atoms with Gasteiger partial charge in [-0.3, -0.25) is 4.79 Å². The number of nitrogens with two attached hydrogens (primary N) is 1. The Balaban J connectivity index is 3.06. The molecule has 9 heteroatoms. The molecule has 0 atom stereocenters. The molecule has 0 amide bonds. The molecule has 114 valence electrons. The Bertz CT molecular complexity index is 862. The molecule has 0 aliphatic rings. The number of anilines is 1. The zero-order chi connectivity index (χ0) is 16.6. The quantitative estimate of drug-likeness (QED) is 0.679. The normalized spacial score (nSPS) is 10.5. The Morgan fingerprint density at radius 3 is 2.32 bits per heavy atom. The van der Waals surface area contributed by atoms with E-state index in [0.717, 1.165) is 18.2 Å². The monoisotopic (exact) mass is 326 g/mol. The van der Waals surface area contributed by atoms with E-state index in [1.807, 2.05) is 4.98 Å². The van der Waals surface area contributed by atoms with Crippen LogP contribution in [0.15, 0.2) is 23.0 Å². The Kier molecular flexibility index (Phi) is 3.87. The average molecular weight is 327 g/mol. The predicted molar refractivity (Wildman–Crippen MR) is 75.8 cm³/mol. The van der Waals surface area contributed by atoms with Crippen LogP contribution in [0.5, 0.6) is 0 Å². The topological polar surface area (TPSA) is 133 Å². The van der Waals surface area contributed by atoms with Crippen molar-refractivity contribution in [3.05, 3.63) is 50.5 Å². The van der Waals surface area contributed by atoms with Gasteiger partial charge < -0.3 is 20.9 Å². The molecule has 0 aliphatic heterocycles. The fourth-order valence-corrected chi connectivity index (χ4v) is 2.22. The number of hydrogen-bond donors (Lipinski definition) is 4. The smallest absolute Gasteiger partial charge is 0.342 e. The molecule has 0 radical (unpaired) electrons. The van der Waals surface area contributed by atoms with Gasteiger partial charge in [-0.15, -0.1) is 0 Å². The third kappa shape index (κ3) is 2.51. The lowest BCUT2D eigenvalue weighted by molar-refractivity contribution is 0.0695. The number of nitrogens with one attached hydrogen (secondary N) is 1. The summed E-state index contributed by atoms with van der Waals surface area (Å²) in [6, 6.07) is 2.94. The number of carboxylic acid groups (broad SMARTS) is 2. The molecule has 2 aromatic rings. The number of aromatic carboxylic acids is 2. The highest BCUT2D eigenvalue weighted by Crippen LogP contribution is 2.34. The third-order valence-corrected chi connectivity index (χ3v) is 3.20. The summed E-state index contributed by atoms with van der Waals surface area (Å²) in [6.45, 7) is 0. The van der Waals surface area contributed by atoms with Crippen LogP contribution in [-0.2, 0) is 0 Å². The zero-order valence-corrected chi connectivity index (χ0v) is 11.4.